The Morgan fingerprint density at radius 3 is 2.41 bits per heavy atom. The van der Waals surface area contributed by atoms with Crippen LogP contribution in [0.5, 0.6) is 5.75 Å². The van der Waals surface area contributed by atoms with Crippen LogP contribution in [-0.2, 0) is 4.74 Å². The first kappa shape index (κ1) is 21.0. The van der Waals surface area contributed by atoms with Crippen molar-refractivity contribution >= 4 is 0 Å². The Hall–Kier alpha value is -2.26. The summed E-state index contributed by atoms with van der Waals surface area (Å²) >= 11 is 0. The zero-order valence-electron chi connectivity index (χ0n) is 15.3. The minimum atomic E-state index is -4.66. The van der Waals surface area contributed by atoms with Gasteiger partial charge in [0.25, 0.3) is 0 Å². The van der Waals surface area contributed by atoms with E-state index >= 15 is 0 Å². The second-order valence-corrected chi connectivity index (χ2v) is 6.73. The highest BCUT2D eigenvalue weighted by atomic mass is 19.4. The maximum Gasteiger partial charge on any atom is 0.573 e. The van der Waals surface area contributed by atoms with Crippen LogP contribution in [-0.4, -0.2) is 19.1 Å². The summed E-state index contributed by atoms with van der Waals surface area (Å²) in [5, 5.41) is 8.44. The van der Waals surface area contributed by atoms with Crippen LogP contribution in [0.25, 0.3) is 0 Å². The van der Waals surface area contributed by atoms with Crippen LogP contribution in [0.4, 0.5) is 13.2 Å². The number of benzene rings is 1. The molecular weight excluding hydrogens is 355 g/mol. The molecule has 0 radical (unpaired) electrons. The molecule has 27 heavy (non-hydrogen) atoms. The van der Waals surface area contributed by atoms with Gasteiger partial charge < -0.3 is 9.47 Å². The van der Waals surface area contributed by atoms with Crippen LogP contribution in [0.3, 0.4) is 0 Å². The number of halogens is 3. The third-order valence-electron chi connectivity index (χ3n) is 5.10. The van der Waals surface area contributed by atoms with Gasteiger partial charge in [0, 0.05) is 13.2 Å². The van der Waals surface area contributed by atoms with E-state index in [0.29, 0.717) is 5.92 Å². The molecule has 0 bridgehead atoms. The van der Waals surface area contributed by atoms with Crippen molar-refractivity contribution in [2.45, 2.75) is 56.4 Å². The van der Waals surface area contributed by atoms with Crippen molar-refractivity contribution in [3.05, 3.63) is 54.1 Å². The quantitative estimate of drug-likeness (QED) is 0.428. The zero-order chi connectivity index (χ0) is 19.8. The summed E-state index contributed by atoms with van der Waals surface area (Å²) in [5.41, 5.74) is 0.884. The summed E-state index contributed by atoms with van der Waals surface area (Å²) in [6.45, 7) is 0. The number of allylic oxidation sites excluding steroid dienone is 4. The number of ether oxygens (including phenoxy) is 2. The summed E-state index contributed by atoms with van der Waals surface area (Å²) < 4.78 is 46.5. The molecule has 1 aromatic carbocycles. The van der Waals surface area contributed by atoms with Gasteiger partial charge >= 0.3 is 6.36 Å². The third kappa shape index (κ3) is 6.76. The molecule has 0 unspecified atom stereocenters. The smallest absolute Gasteiger partial charge is 0.406 e. The van der Waals surface area contributed by atoms with Gasteiger partial charge in [-0.2, -0.15) is 5.26 Å². The largest absolute Gasteiger partial charge is 0.573 e. The number of hydrogen-bond acceptors (Lipinski definition) is 3. The lowest BCUT2D eigenvalue weighted by atomic mass is 9.74. The SMILES string of the molecule is COC1(CCC=CC=CC#N)CCC(c2ccc(OC(F)(F)F)cc2)CC1. The number of alkyl halides is 3. The monoisotopic (exact) mass is 379 g/mol. The molecule has 2 rings (SSSR count). The molecule has 146 valence electrons. The van der Waals surface area contributed by atoms with Gasteiger partial charge in [0.05, 0.1) is 11.7 Å². The zero-order valence-corrected chi connectivity index (χ0v) is 15.3. The van der Waals surface area contributed by atoms with Crippen molar-refractivity contribution in [2.24, 2.45) is 0 Å². The minimum absolute atomic E-state index is 0.154. The highest BCUT2D eigenvalue weighted by Gasteiger charge is 2.35. The van der Waals surface area contributed by atoms with Gasteiger partial charge in [-0.3, -0.25) is 0 Å². The van der Waals surface area contributed by atoms with Crippen molar-refractivity contribution in [3.63, 3.8) is 0 Å². The normalized spacial score (nSPS) is 23.6. The highest BCUT2D eigenvalue weighted by Crippen LogP contribution is 2.42. The first-order valence-electron chi connectivity index (χ1n) is 9.00. The van der Waals surface area contributed by atoms with Crippen LogP contribution < -0.4 is 4.74 Å². The summed E-state index contributed by atoms with van der Waals surface area (Å²) in [4.78, 5) is 0. The van der Waals surface area contributed by atoms with E-state index in [4.69, 9.17) is 10.00 Å². The number of rotatable bonds is 7. The molecule has 0 aliphatic heterocycles. The molecule has 6 heteroatoms. The number of nitriles is 1. The Kier molecular flexibility index (Phi) is 7.49. The summed E-state index contributed by atoms with van der Waals surface area (Å²) in [7, 11) is 1.74. The number of methoxy groups -OCH3 is 1. The summed E-state index contributed by atoms with van der Waals surface area (Å²) in [6, 6.07) is 8.13. The van der Waals surface area contributed by atoms with Crippen molar-refractivity contribution in [1.29, 1.82) is 5.26 Å². The van der Waals surface area contributed by atoms with Gasteiger partial charge in [-0.1, -0.05) is 30.4 Å². The van der Waals surface area contributed by atoms with E-state index < -0.39 is 6.36 Å². The summed E-state index contributed by atoms with van der Waals surface area (Å²) in [6.07, 6.45) is 7.85. The highest BCUT2D eigenvalue weighted by molar-refractivity contribution is 5.30. The van der Waals surface area contributed by atoms with Crippen molar-refractivity contribution < 1.29 is 22.6 Å². The van der Waals surface area contributed by atoms with Crippen LogP contribution in [0.15, 0.2) is 48.6 Å². The first-order valence-corrected chi connectivity index (χ1v) is 9.00. The lowest BCUT2D eigenvalue weighted by Crippen LogP contribution is -2.35. The number of hydrogen-bond donors (Lipinski definition) is 0. The molecule has 1 aliphatic carbocycles. The first-order chi connectivity index (χ1) is 12.9. The van der Waals surface area contributed by atoms with E-state index in [1.54, 1.807) is 25.3 Å². The molecule has 1 aliphatic rings. The lowest BCUT2D eigenvalue weighted by Gasteiger charge is -2.39. The Morgan fingerprint density at radius 1 is 1.19 bits per heavy atom. The number of nitrogens with zero attached hydrogens (tertiary/aromatic N) is 1. The average Bonchev–Trinajstić information content (AvgIpc) is 2.64. The van der Waals surface area contributed by atoms with Gasteiger partial charge in [-0.25, -0.2) is 0 Å². The van der Waals surface area contributed by atoms with Crippen LogP contribution >= 0.6 is 0 Å². The molecule has 1 fully saturated rings. The lowest BCUT2D eigenvalue weighted by molar-refractivity contribution is -0.274. The fourth-order valence-electron chi connectivity index (χ4n) is 3.59. The summed E-state index contributed by atoms with van der Waals surface area (Å²) in [5.74, 6) is 0.132. The van der Waals surface area contributed by atoms with Gasteiger partial charge in [-0.15, -0.1) is 13.2 Å². The molecule has 0 amide bonds. The Balaban J connectivity index is 1.88. The maximum atomic E-state index is 12.3. The third-order valence-corrected chi connectivity index (χ3v) is 5.10. The van der Waals surface area contributed by atoms with E-state index in [1.165, 1.54) is 18.2 Å². The predicted molar refractivity (Wildman–Crippen MR) is 97.2 cm³/mol. The fourth-order valence-corrected chi connectivity index (χ4v) is 3.59. The minimum Gasteiger partial charge on any atom is -0.406 e. The van der Waals surface area contributed by atoms with Gasteiger partial charge in [0.2, 0.25) is 0 Å². The van der Waals surface area contributed by atoms with Crippen molar-refractivity contribution in [2.75, 3.05) is 7.11 Å². The van der Waals surface area contributed by atoms with E-state index in [2.05, 4.69) is 4.74 Å². The Bertz CT molecular complexity index is 679. The van der Waals surface area contributed by atoms with Crippen LogP contribution in [0.1, 0.15) is 50.0 Å². The standard InChI is InChI=1S/C21H24F3NO2/c1-26-20(13-5-3-2-4-6-16-25)14-11-18(12-15-20)17-7-9-19(10-8-17)27-21(22,23)24/h2-4,6-10,18H,5,11-15H2,1H3. The fraction of sp³-hybridized carbons (Fsp3) is 0.476. The van der Waals surface area contributed by atoms with Crippen molar-refractivity contribution in [1.82, 2.24) is 0 Å². The Labute approximate surface area is 158 Å². The van der Waals surface area contributed by atoms with Crippen LogP contribution in [0, 0.1) is 11.3 Å². The molecule has 0 heterocycles. The van der Waals surface area contributed by atoms with Gasteiger partial charge in [0.15, 0.2) is 0 Å². The second kappa shape index (κ2) is 9.61. The van der Waals surface area contributed by atoms with Gasteiger partial charge in [0.1, 0.15) is 5.75 Å². The molecule has 0 N–H and O–H groups in total. The molecule has 3 nitrogen and oxygen atoms in total. The molecule has 0 saturated heterocycles. The molecule has 0 aromatic heterocycles. The second-order valence-electron chi connectivity index (χ2n) is 6.73. The Morgan fingerprint density at radius 2 is 1.85 bits per heavy atom. The van der Waals surface area contributed by atoms with Crippen molar-refractivity contribution in [3.8, 4) is 11.8 Å². The molecule has 1 aromatic rings. The maximum absolute atomic E-state index is 12.3. The van der Waals surface area contributed by atoms with E-state index in [9.17, 15) is 13.2 Å². The van der Waals surface area contributed by atoms with E-state index in [-0.39, 0.29) is 11.4 Å². The van der Waals surface area contributed by atoms with E-state index in [0.717, 1.165) is 44.1 Å². The topological polar surface area (TPSA) is 42.2 Å². The molecule has 0 spiro atoms. The predicted octanol–water partition coefficient (Wildman–Crippen LogP) is 6.04. The van der Waals surface area contributed by atoms with Crippen LogP contribution in [0.2, 0.25) is 0 Å². The average molecular weight is 379 g/mol. The van der Waals surface area contributed by atoms with Gasteiger partial charge in [-0.05, 0) is 62.1 Å². The molecule has 0 atom stereocenters. The van der Waals surface area contributed by atoms with E-state index in [1.807, 2.05) is 18.2 Å². The molecular formula is C21H24F3NO2. The molecule has 1 saturated carbocycles.